The largest absolute Gasteiger partial charge is 0.348 e. The van der Waals surface area contributed by atoms with Crippen molar-refractivity contribution in [2.45, 2.75) is 39.3 Å². The molecule has 1 atom stereocenters. The number of carbonyl (C=O) groups is 1. The van der Waals surface area contributed by atoms with E-state index in [-0.39, 0.29) is 24.1 Å². The molecule has 5 nitrogen and oxygen atoms in total. The summed E-state index contributed by atoms with van der Waals surface area (Å²) in [6, 6.07) is 19.7. The maximum absolute atomic E-state index is 13.3. The van der Waals surface area contributed by atoms with Crippen LogP contribution in [0.4, 0.5) is 0 Å². The number of amides is 1. The van der Waals surface area contributed by atoms with Crippen LogP contribution in [0.5, 0.6) is 0 Å². The molecule has 0 aliphatic heterocycles. The van der Waals surface area contributed by atoms with Crippen LogP contribution < -0.4 is 10.9 Å². The SMILES string of the molecule is CCC[C@@H](NC(=O)Cn1cnc2sc(C)c(-c3ccccc3)c2c1=O)c1ccccc1. The molecule has 0 unspecified atom stereocenters. The molecule has 0 saturated carbocycles. The van der Waals surface area contributed by atoms with Crippen LogP contribution in [0.1, 0.15) is 36.2 Å². The minimum Gasteiger partial charge on any atom is -0.348 e. The fourth-order valence-electron chi connectivity index (χ4n) is 3.89. The lowest BCUT2D eigenvalue weighted by molar-refractivity contribution is -0.122. The third-order valence-electron chi connectivity index (χ3n) is 5.35. The van der Waals surface area contributed by atoms with Gasteiger partial charge in [0.05, 0.1) is 17.8 Å². The Morgan fingerprint density at radius 1 is 1.10 bits per heavy atom. The Kier molecular flexibility index (Phi) is 6.28. The lowest BCUT2D eigenvalue weighted by atomic mass is 10.0. The summed E-state index contributed by atoms with van der Waals surface area (Å²) in [5, 5.41) is 3.67. The first-order valence-corrected chi connectivity index (χ1v) is 11.3. The van der Waals surface area contributed by atoms with Crippen molar-refractivity contribution in [3.63, 3.8) is 0 Å². The van der Waals surface area contributed by atoms with Crippen LogP contribution in [-0.2, 0) is 11.3 Å². The summed E-state index contributed by atoms with van der Waals surface area (Å²) in [5.41, 5.74) is 2.77. The van der Waals surface area contributed by atoms with Gasteiger partial charge in [-0.25, -0.2) is 4.98 Å². The van der Waals surface area contributed by atoms with Crippen LogP contribution in [0.25, 0.3) is 21.3 Å². The van der Waals surface area contributed by atoms with Crippen molar-refractivity contribution >= 4 is 27.5 Å². The van der Waals surface area contributed by atoms with Crippen molar-refractivity contribution in [1.29, 1.82) is 0 Å². The molecule has 2 aromatic heterocycles. The summed E-state index contributed by atoms with van der Waals surface area (Å²) in [4.78, 5) is 32.3. The number of aryl methyl sites for hydroxylation is 1. The number of benzene rings is 2. The lowest BCUT2D eigenvalue weighted by Gasteiger charge is -2.19. The lowest BCUT2D eigenvalue weighted by Crippen LogP contribution is -2.34. The highest BCUT2D eigenvalue weighted by molar-refractivity contribution is 7.19. The van der Waals surface area contributed by atoms with Gasteiger partial charge in [-0.15, -0.1) is 11.3 Å². The Balaban J connectivity index is 1.64. The van der Waals surface area contributed by atoms with E-state index in [1.54, 1.807) is 0 Å². The van der Waals surface area contributed by atoms with Gasteiger partial charge in [-0.3, -0.25) is 14.2 Å². The normalized spacial score (nSPS) is 12.1. The molecular formula is C25H25N3O2S. The predicted molar refractivity (Wildman–Crippen MR) is 126 cm³/mol. The molecule has 31 heavy (non-hydrogen) atoms. The van der Waals surface area contributed by atoms with Crippen LogP contribution >= 0.6 is 11.3 Å². The van der Waals surface area contributed by atoms with Gasteiger partial charge in [0.1, 0.15) is 11.4 Å². The molecule has 0 fully saturated rings. The van der Waals surface area contributed by atoms with Gasteiger partial charge in [-0.2, -0.15) is 0 Å². The summed E-state index contributed by atoms with van der Waals surface area (Å²) < 4.78 is 1.41. The van der Waals surface area contributed by atoms with E-state index in [4.69, 9.17) is 0 Å². The second kappa shape index (κ2) is 9.27. The van der Waals surface area contributed by atoms with Crippen molar-refractivity contribution in [1.82, 2.24) is 14.9 Å². The molecule has 0 spiro atoms. The fourth-order valence-corrected chi connectivity index (χ4v) is 4.90. The van der Waals surface area contributed by atoms with E-state index in [0.717, 1.165) is 34.4 Å². The number of hydrogen-bond acceptors (Lipinski definition) is 4. The molecule has 1 amide bonds. The number of nitrogens with one attached hydrogen (secondary N) is 1. The Labute approximate surface area is 185 Å². The number of aromatic nitrogens is 2. The van der Waals surface area contributed by atoms with E-state index >= 15 is 0 Å². The molecule has 0 bridgehead atoms. The first-order valence-electron chi connectivity index (χ1n) is 10.5. The number of carbonyl (C=O) groups excluding carboxylic acids is 1. The highest BCUT2D eigenvalue weighted by Crippen LogP contribution is 2.35. The smallest absolute Gasteiger partial charge is 0.263 e. The first-order chi connectivity index (χ1) is 15.1. The summed E-state index contributed by atoms with van der Waals surface area (Å²) in [6.45, 7) is 4.03. The number of thiophene rings is 1. The van der Waals surface area contributed by atoms with Gasteiger partial charge in [-0.1, -0.05) is 74.0 Å². The van der Waals surface area contributed by atoms with Crippen molar-refractivity contribution in [2.24, 2.45) is 0 Å². The Morgan fingerprint density at radius 3 is 2.45 bits per heavy atom. The maximum Gasteiger partial charge on any atom is 0.263 e. The van der Waals surface area contributed by atoms with Crippen molar-refractivity contribution in [3.8, 4) is 11.1 Å². The van der Waals surface area contributed by atoms with Gasteiger partial charge in [0, 0.05) is 10.4 Å². The molecule has 2 aromatic carbocycles. The van der Waals surface area contributed by atoms with E-state index < -0.39 is 0 Å². The molecule has 6 heteroatoms. The fraction of sp³-hybridized carbons (Fsp3) is 0.240. The topological polar surface area (TPSA) is 64.0 Å². The standard InChI is InChI=1S/C25H25N3O2S/c1-3-10-20(18-11-6-4-7-12-18)27-21(29)15-28-16-26-24-23(25(28)30)22(17(2)31-24)19-13-8-5-9-14-19/h4-9,11-14,16,20H,3,10,15H2,1-2H3,(H,27,29)/t20-/m1/s1. The van der Waals surface area contributed by atoms with Crippen molar-refractivity contribution in [3.05, 3.63) is 87.8 Å². The molecule has 2 heterocycles. The van der Waals surface area contributed by atoms with Crippen LogP contribution in [-0.4, -0.2) is 15.5 Å². The van der Waals surface area contributed by atoms with Crippen LogP contribution in [0.2, 0.25) is 0 Å². The molecule has 1 N–H and O–H groups in total. The van der Waals surface area contributed by atoms with Gasteiger partial charge < -0.3 is 5.32 Å². The zero-order chi connectivity index (χ0) is 21.8. The van der Waals surface area contributed by atoms with E-state index in [1.165, 1.54) is 22.2 Å². The number of nitrogens with zero attached hydrogens (tertiary/aromatic N) is 2. The summed E-state index contributed by atoms with van der Waals surface area (Å²) in [7, 11) is 0. The molecule has 0 aliphatic carbocycles. The van der Waals surface area contributed by atoms with Crippen LogP contribution in [0, 0.1) is 6.92 Å². The predicted octanol–water partition coefficient (Wildman–Crippen LogP) is 5.09. The van der Waals surface area contributed by atoms with Gasteiger partial charge in [0.25, 0.3) is 5.56 Å². The summed E-state index contributed by atoms with van der Waals surface area (Å²) >= 11 is 1.50. The number of rotatable bonds is 7. The zero-order valence-corrected chi connectivity index (χ0v) is 18.5. The molecule has 4 aromatic rings. The highest BCUT2D eigenvalue weighted by atomic mass is 32.1. The molecule has 0 aliphatic rings. The second-order valence-electron chi connectivity index (χ2n) is 7.58. The average Bonchev–Trinajstić information content (AvgIpc) is 3.13. The van der Waals surface area contributed by atoms with Gasteiger partial charge in [0.15, 0.2) is 0 Å². The van der Waals surface area contributed by atoms with E-state index in [0.29, 0.717) is 10.2 Å². The third kappa shape index (κ3) is 4.44. The maximum atomic E-state index is 13.3. The minimum absolute atomic E-state index is 0.0576. The monoisotopic (exact) mass is 431 g/mol. The Bertz CT molecular complexity index is 1250. The van der Waals surface area contributed by atoms with E-state index in [2.05, 4.69) is 17.2 Å². The van der Waals surface area contributed by atoms with E-state index in [1.807, 2.05) is 67.6 Å². The zero-order valence-electron chi connectivity index (χ0n) is 17.7. The second-order valence-corrected chi connectivity index (χ2v) is 8.78. The molecular weight excluding hydrogens is 406 g/mol. The average molecular weight is 432 g/mol. The van der Waals surface area contributed by atoms with Crippen molar-refractivity contribution < 1.29 is 4.79 Å². The van der Waals surface area contributed by atoms with Gasteiger partial charge in [0.2, 0.25) is 5.91 Å². The summed E-state index contributed by atoms with van der Waals surface area (Å²) in [5.74, 6) is -0.196. The summed E-state index contributed by atoms with van der Waals surface area (Å²) in [6.07, 6.45) is 3.26. The quantitative estimate of drug-likeness (QED) is 0.443. The highest BCUT2D eigenvalue weighted by Gasteiger charge is 2.19. The minimum atomic E-state index is -0.196. The molecule has 0 radical (unpaired) electrons. The number of fused-ring (bicyclic) bond motifs is 1. The first kappa shape index (κ1) is 21.0. The van der Waals surface area contributed by atoms with E-state index in [9.17, 15) is 9.59 Å². The van der Waals surface area contributed by atoms with Crippen LogP contribution in [0.3, 0.4) is 0 Å². The Morgan fingerprint density at radius 2 is 1.77 bits per heavy atom. The van der Waals surface area contributed by atoms with Crippen molar-refractivity contribution in [2.75, 3.05) is 0 Å². The Hall–Kier alpha value is -3.25. The van der Waals surface area contributed by atoms with Crippen LogP contribution in [0.15, 0.2) is 71.8 Å². The molecule has 158 valence electrons. The molecule has 0 saturated heterocycles. The van der Waals surface area contributed by atoms with Gasteiger partial charge >= 0.3 is 0 Å². The number of hydrogen-bond donors (Lipinski definition) is 1. The van der Waals surface area contributed by atoms with Gasteiger partial charge in [-0.05, 0) is 24.5 Å². The third-order valence-corrected chi connectivity index (χ3v) is 6.36. The molecule has 4 rings (SSSR count).